The summed E-state index contributed by atoms with van der Waals surface area (Å²) in [6.45, 7) is 12.6. The summed E-state index contributed by atoms with van der Waals surface area (Å²) < 4.78 is 5.67. The van der Waals surface area contributed by atoms with Crippen LogP contribution in [-0.2, 0) is 9.53 Å². The predicted octanol–water partition coefficient (Wildman–Crippen LogP) is 8.26. The van der Waals surface area contributed by atoms with Crippen molar-refractivity contribution in [3.63, 3.8) is 0 Å². The van der Waals surface area contributed by atoms with Gasteiger partial charge in [0.2, 0.25) is 0 Å². The van der Waals surface area contributed by atoms with E-state index in [0.29, 0.717) is 10.8 Å². The number of carbonyl (C=O) groups excluding carboxylic acids is 1. The van der Waals surface area contributed by atoms with Crippen molar-refractivity contribution in [3.05, 3.63) is 0 Å². The highest BCUT2D eigenvalue weighted by molar-refractivity contribution is 6.26. The average molecular weight is 465 g/mol. The highest BCUT2D eigenvalue weighted by Crippen LogP contribution is 2.68. The summed E-state index contributed by atoms with van der Waals surface area (Å²) in [7, 11) is 0. The molecular formula is C29H49ClO2. The second-order valence-corrected chi connectivity index (χ2v) is 13.5. The number of carbonyl (C=O) groups is 1. The molecule has 0 aromatic heterocycles. The standard InChI is InChI=1S/C29H49ClO2/c1-19(2)7-6-8-20(3)24-11-12-25-23-10-9-21-17-22(32-27(31)18-30)13-15-28(21,4)26(23)14-16-29(24,25)5/h19-26H,6-18H2,1-5H3/t20-,21+,22-,23?,24?,25?,26?,28?,29?/m1/s1. The summed E-state index contributed by atoms with van der Waals surface area (Å²) in [5.41, 5.74) is 1.03. The molecule has 32 heavy (non-hydrogen) atoms. The molecule has 0 saturated heterocycles. The summed E-state index contributed by atoms with van der Waals surface area (Å²) in [6.07, 6.45) is 16.3. The average Bonchev–Trinajstić information content (AvgIpc) is 3.11. The monoisotopic (exact) mass is 464 g/mol. The molecule has 0 aromatic rings. The summed E-state index contributed by atoms with van der Waals surface area (Å²) >= 11 is 5.69. The summed E-state index contributed by atoms with van der Waals surface area (Å²) in [5, 5.41) is 0. The van der Waals surface area contributed by atoms with Gasteiger partial charge in [-0.2, -0.15) is 0 Å². The number of ether oxygens (including phenoxy) is 1. The first-order valence-electron chi connectivity index (χ1n) is 13.9. The lowest BCUT2D eigenvalue weighted by Gasteiger charge is -2.61. The third-order valence-corrected chi connectivity index (χ3v) is 11.4. The minimum absolute atomic E-state index is 0.0134. The topological polar surface area (TPSA) is 26.3 Å². The minimum atomic E-state index is -0.234. The van der Waals surface area contributed by atoms with Gasteiger partial charge in [-0.25, -0.2) is 0 Å². The van der Waals surface area contributed by atoms with Gasteiger partial charge >= 0.3 is 5.97 Å². The van der Waals surface area contributed by atoms with Crippen LogP contribution in [0.25, 0.3) is 0 Å². The Kier molecular flexibility index (Phi) is 7.61. The lowest BCUT2D eigenvalue weighted by molar-refractivity contribution is -0.160. The molecule has 0 amide bonds. The quantitative estimate of drug-likeness (QED) is 0.280. The highest BCUT2D eigenvalue weighted by Gasteiger charge is 2.60. The van der Waals surface area contributed by atoms with Crippen molar-refractivity contribution < 1.29 is 9.53 Å². The van der Waals surface area contributed by atoms with Crippen molar-refractivity contribution in [2.24, 2.45) is 52.3 Å². The van der Waals surface area contributed by atoms with Crippen molar-refractivity contribution in [2.45, 2.75) is 118 Å². The molecule has 4 rings (SSSR count). The molecule has 4 fully saturated rings. The first-order valence-corrected chi connectivity index (χ1v) is 14.5. The zero-order valence-corrected chi connectivity index (χ0v) is 22.3. The Labute approximate surface area is 203 Å². The van der Waals surface area contributed by atoms with Crippen LogP contribution in [0.1, 0.15) is 112 Å². The minimum Gasteiger partial charge on any atom is -0.461 e. The second kappa shape index (κ2) is 9.79. The van der Waals surface area contributed by atoms with Gasteiger partial charge in [0.1, 0.15) is 12.0 Å². The lowest BCUT2D eigenvalue weighted by Crippen LogP contribution is -2.54. The molecule has 4 saturated carbocycles. The third-order valence-electron chi connectivity index (χ3n) is 11.2. The maximum atomic E-state index is 11.7. The van der Waals surface area contributed by atoms with Crippen LogP contribution in [0.3, 0.4) is 0 Å². The van der Waals surface area contributed by atoms with Crippen molar-refractivity contribution >= 4 is 17.6 Å². The van der Waals surface area contributed by atoms with Crippen LogP contribution in [0.4, 0.5) is 0 Å². The summed E-state index contributed by atoms with van der Waals surface area (Å²) in [4.78, 5) is 11.7. The van der Waals surface area contributed by atoms with E-state index < -0.39 is 0 Å². The van der Waals surface area contributed by atoms with Crippen LogP contribution < -0.4 is 0 Å². The van der Waals surface area contributed by atoms with Gasteiger partial charge in [-0.15, -0.1) is 11.6 Å². The van der Waals surface area contributed by atoms with Crippen molar-refractivity contribution in [3.8, 4) is 0 Å². The largest absolute Gasteiger partial charge is 0.461 e. The molecule has 0 heterocycles. The molecule has 2 nitrogen and oxygen atoms in total. The first-order chi connectivity index (χ1) is 15.2. The third kappa shape index (κ3) is 4.52. The Bertz CT molecular complexity index is 662. The number of fused-ring (bicyclic) bond motifs is 5. The SMILES string of the molecule is CC(C)CCC[C@@H](C)C1CCC2C3CC[C@H]4C[C@H](OC(=O)CCl)CCC4(C)C3CCC21C. The molecule has 9 atom stereocenters. The van der Waals surface area contributed by atoms with Crippen LogP contribution in [0, 0.1) is 52.3 Å². The van der Waals surface area contributed by atoms with E-state index in [9.17, 15) is 4.79 Å². The lowest BCUT2D eigenvalue weighted by atomic mass is 9.44. The van der Waals surface area contributed by atoms with E-state index in [4.69, 9.17) is 16.3 Å². The molecule has 0 radical (unpaired) electrons. The van der Waals surface area contributed by atoms with Gasteiger partial charge in [0, 0.05) is 0 Å². The summed E-state index contributed by atoms with van der Waals surface area (Å²) in [5.74, 6) is 5.92. The normalized spacial score (nSPS) is 44.5. The maximum absolute atomic E-state index is 11.7. The number of esters is 1. The molecule has 184 valence electrons. The zero-order valence-electron chi connectivity index (χ0n) is 21.5. The van der Waals surface area contributed by atoms with Gasteiger partial charge in [-0.1, -0.05) is 53.9 Å². The van der Waals surface area contributed by atoms with Crippen molar-refractivity contribution in [1.82, 2.24) is 0 Å². The van der Waals surface area contributed by atoms with Gasteiger partial charge in [0.15, 0.2) is 0 Å². The van der Waals surface area contributed by atoms with Gasteiger partial charge < -0.3 is 4.74 Å². The Morgan fingerprint density at radius 1 is 0.938 bits per heavy atom. The van der Waals surface area contributed by atoms with Gasteiger partial charge in [-0.3, -0.25) is 4.79 Å². The maximum Gasteiger partial charge on any atom is 0.321 e. The molecule has 0 spiro atoms. The molecule has 6 unspecified atom stereocenters. The summed E-state index contributed by atoms with van der Waals surface area (Å²) in [6, 6.07) is 0. The highest BCUT2D eigenvalue weighted by atomic mass is 35.5. The Morgan fingerprint density at radius 3 is 2.38 bits per heavy atom. The van der Waals surface area contributed by atoms with E-state index in [1.54, 1.807) is 0 Å². The molecule has 0 bridgehead atoms. The fraction of sp³-hybridized carbons (Fsp3) is 0.966. The van der Waals surface area contributed by atoms with E-state index in [-0.39, 0.29) is 18.0 Å². The number of rotatable bonds is 7. The fourth-order valence-electron chi connectivity index (χ4n) is 9.57. The predicted molar refractivity (Wildman–Crippen MR) is 134 cm³/mol. The van der Waals surface area contributed by atoms with E-state index >= 15 is 0 Å². The van der Waals surface area contributed by atoms with Crippen LogP contribution in [0.15, 0.2) is 0 Å². The van der Waals surface area contributed by atoms with Crippen LogP contribution >= 0.6 is 11.6 Å². The van der Waals surface area contributed by atoms with Crippen molar-refractivity contribution in [1.29, 1.82) is 0 Å². The van der Waals surface area contributed by atoms with Gasteiger partial charge in [-0.05, 0) is 110 Å². The van der Waals surface area contributed by atoms with Gasteiger partial charge in [0.25, 0.3) is 0 Å². The number of hydrogen-bond acceptors (Lipinski definition) is 2. The van der Waals surface area contributed by atoms with E-state index in [1.165, 1.54) is 64.2 Å². The molecule has 3 heteroatoms. The second-order valence-electron chi connectivity index (χ2n) is 13.2. The molecular weight excluding hydrogens is 416 g/mol. The number of alkyl halides is 1. The van der Waals surface area contributed by atoms with Crippen LogP contribution in [0.2, 0.25) is 0 Å². The Morgan fingerprint density at radius 2 is 1.66 bits per heavy atom. The Balaban J connectivity index is 1.42. The van der Waals surface area contributed by atoms with Crippen molar-refractivity contribution in [2.75, 3.05) is 5.88 Å². The molecule has 0 N–H and O–H groups in total. The first kappa shape index (κ1) is 24.9. The van der Waals surface area contributed by atoms with Gasteiger partial charge in [0.05, 0.1) is 0 Å². The molecule has 0 aromatic carbocycles. The zero-order chi connectivity index (χ0) is 23.1. The van der Waals surface area contributed by atoms with E-state index in [2.05, 4.69) is 34.6 Å². The van der Waals surface area contributed by atoms with Crippen LogP contribution in [-0.4, -0.2) is 18.0 Å². The fourth-order valence-corrected chi connectivity index (χ4v) is 9.63. The Hall–Kier alpha value is -0.240. The molecule has 4 aliphatic rings. The van der Waals surface area contributed by atoms with Crippen LogP contribution in [0.5, 0.6) is 0 Å². The number of hydrogen-bond donors (Lipinski definition) is 0. The smallest absolute Gasteiger partial charge is 0.321 e. The molecule has 0 aliphatic heterocycles. The van der Waals surface area contributed by atoms with E-state index in [0.717, 1.165) is 54.3 Å². The van der Waals surface area contributed by atoms with E-state index in [1.807, 2.05) is 0 Å². The molecule has 4 aliphatic carbocycles. The number of halogens is 1.